The fourth-order valence-corrected chi connectivity index (χ4v) is 4.68. The predicted octanol–water partition coefficient (Wildman–Crippen LogP) is 3.86. The van der Waals surface area contributed by atoms with E-state index in [9.17, 15) is 0 Å². The van der Waals surface area contributed by atoms with Gasteiger partial charge in [0.2, 0.25) is 5.95 Å². The molecular weight excluding hydrogens is 418 g/mol. The van der Waals surface area contributed by atoms with E-state index < -0.39 is 0 Å². The van der Waals surface area contributed by atoms with Crippen molar-refractivity contribution < 1.29 is 9.47 Å². The van der Waals surface area contributed by atoms with Crippen LogP contribution in [-0.2, 0) is 16.0 Å². The quantitative estimate of drug-likeness (QED) is 0.409. The summed E-state index contributed by atoms with van der Waals surface area (Å²) >= 11 is 0. The van der Waals surface area contributed by atoms with E-state index in [0.717, 1.165) is 66.0 Å². The molecule has 5 rings (SSSR count). The maximum atomic E-state index is 5.87. The summed E-state index contributed by atoms with van der Waals surface area (Å²) in [6.07, 6.45) is 8.34. The van der Waals surface area contributed by atoms with Crippen molar-refractivity contribution in [2.24, 2.45) is 0 Å². The standard InChI is InChI=1S/C24H31N7O2/c1-4-30-16(2)26-21-10-9-20(28-23(21)30)19-11-12-31-22(19)15-25-24(29-31)27-17-5-7-18(8-6-17)33-14-13-32-3/h9-12,15,17-18H,4-8,13-14H2,1-3H3,(H,27,29). The van der Waals surface area contributed by atoms with Crippen LogP contribution in [0.3, 0.4) is 0 Å². The molecule has 0 saturated heterocycles. The first-order chi connectivity index (χ1) is 16.2. The second kappa shape index (κ2) is 9.44. The van der Waals surface area contributed by atoms with Gasteiger partial charge >= 0.3 is 0 Å². The molecule has 174 valence electrons. The Hall–Kier alpha value is -3.04. The Labute approximate surface area is 193 Å². The minimum absolute atomic E-state index is 0.325. The Morgan fingerprint density at radius 3 is 2.73 bits per heavy atom. The molecule has 9 nitrogen and oxygen atoms in total. The number of aryl methyl sites for hydroxylation is 2. The van der Waals surface area contributed by atoms with Crippen molar-refractivity contribution in [2.75, 3.05) is 25.6 Å². The number of hydrogen-bond acceptors (Lipinski definition) is 7. The third-order valence-corrected chi connectivity index (χ3v) is 6.44. The van der Waals surface area contributed by atoms with Crippen LogP contribution >= 0.6 is 0 Å². The van der Waals surface area contributed by atoms with Gasteiger partial charge in [-0.3, -0.25) is 0 Å². The summed E-state index contributed by atoms with van der Waals surface area (Å²) in [7, 11) is 1.70. The lowest BCUT2D eigenvalue weighted by atomic mass is 9.93. The zero-order valence-corrected chi connectivity index (χ0v) is 19.5. The average molecular weight is 450 g/mol. The molecule has 1 saturated carbocycles. The van der Waals surface area contributed by atoms with Crippen LogP contribution in [0.2, 0.25) is 0 Å². The fraction of sp³-hybridized carbons (Fsp3) is 0.500. The molecule has 4 aromatic rings. The van der Waals surface area contributed by atoms with E-state index in [4.69, 9.17) is 19.6 Å². The minimum Gasteiger partial charge on any atom is -0.382 e. The highest BCUT2D eigenvalue weighted by Crippen LogP contribution is 2.27. The monoisotopic (exact) mass is 449 g/mol. The highest BCUT2D eigenvalue weighted by molar-refractivity contribution is 5.82. The van der Waals surface area contributed by atoms with Gasteiger partial charge in [-0.05, 0) is 57.7 Å². The van der Waals surface area contributed by atoms with Crippen LogP contribution in [0.15, 0.2) is 30.6 Å². The Morgan fingerprint density at radius 1 is 1.09 bits per heavy atom. The highest BCUT2D eigenvalue weighted by Gasteiger charge is 2.22. The SMILES string of the molecule is CCn1c(C)nc2ccc(-c3ccn4nc(NC5CCC(OCCOC)CC5)ncc34)nc21. The summed E-state index contributed by atoms with van der Waals surface area (Å²) in [6.45, 7) is 6.28. The number of anilines is 1. The molecule has 0 unspecified atom stereocenters. The van der Waals surface area contributed by atoms with E-state index in [1.165, 1.54) is 0 Å². The topological polar surface area (TPSA) is 91.4 Å². The number of nitrogens with one attached hydrogen (secondary N) is 1. The van der Waals surface area contributed by atoms with Crippen LogP contribution in [-0.4, -0.2) is 61.6 Å². The van der Waals surface area contributed by atoms with Gasteiger partial charge in [0.15, 0.2) is 5.65 Å². The molecule has 1 N–H and O–H groups in total. The van der Waals surface area contributed by atoms with Crippen LogP contribution < -0.4 is 5.32 Å². The van der Waals surface area contributed by atoms with Gasteiger partial charge in [0.1, 0.15) is 11.3 Å². The van der Waals surface area contributed by atoms with Gasteiger partial charge in [0.25, 0.3) is 0 Å². The van der Waals surface area contributed by atoms with Crippen LogP contribution in [0, 0.1) is 6.92 Å². The van der Waals surface area contributed by atoms with E-state index >= 15 is 0 Å². The molecule has 0 aliphatic heterocycles. The summed E-state index contributed by atoms with van der Waals surface area (Å²) < 4.78 is 14.9. The number of ether oxygens (including phenoxy) is 2. The zero-order valence-electron chi connectivity index (χ0n) is 19.5. The van der Waals surface area contributed by atoms with Crippen molar-refractivity contribution in [1.82, 2.24) is 29.1 Å². The molecule has 1 aliphatic carbocycles. The smallest absolute Gasteiger partial charge is 0.241 e. The Balaban J connectivity index is 1.30. The largest absolute Gasteiger partial charge is 0.382 e. The molecule has 0 spiro atoms. The molecule has 0 radical (unpaired) electrons. The second-order valence-corrected chi connectivity index (χ2v) is 8.57. The summed E-state index contributed by atoms with van der Waals surface area (Å²) in [5.74, 6) is 1.63. The van der Waals surface area contributed by atoms with Crippen molar-refractivity contribution in [2.45, 2.75) is 58.2 Å². The highest BCUT2D eigenvalue weighted by atomic mass is 16.5. The second-order valence-electron chi connectivity index (χ2n) is 8.57. The molecule has 0 aromatic carbocycles. The number of fused-ring (bicyclic) bond motifs is 2. The van der Waals surface area contributed by atoms with Gasteiger partial charge in [-0.2, -0.15) is 0 Å². The van der Waals surface area contributed by atoms with E-state index in [0.29, 0.717) is 31.3 Å². The van der Waals surface area contributed by atoms with Crippen LogP contribution in [0.5, 0.6) is 0 Å². The first kappa shape index (κ1) is 21.8. The van der Waals surface area contributed by atoms with Crippen molar-refractivity contribution in [1.29, 1.82) is 0 Å². The minimum atomic E-state index is 0.325. The summed E-state index contributed by atoms with van der Waals surface area (Å²) in [5, 5.41) is 8.20. The summed E-state index contributed by atoms with van der Waals surface area (Å²) in [5.41, 5.74) is 4.67. The first-order valence-corrected chi connectivity index (χ1v) is 11.7. The molecule has 1 fully saturated rings. The molecule has 1 aliphatic rings. The number of methoxy groups -OCH3 is 1. The third kappa shape index (κ3) is 4.43. The number of hydrogen-bond donors (Lipinski definition) is 1. The maximum absolute atomic E-state index is 5.87. The Morgan fingerprint density at radius 2 is 1.94 bits per heavy atom. The van der Waals surface area contributed by atoms with E-state index in [2.05, 4.69) is 26.8 Å². The van der Waals surface area contributed by atoms with E-state index in [1.54, 1.807) is 7.11 Å². The normalized spacial score (nSPS) is 18.9. The molecule has 0 amide bonds. The van der Waals surface area contributed by atoms with Crippen LogP contribution in [0.25, 0.3) is 27.9 Å². The number of aromatic nitrogens is 6. The zero-order chi connectivity index (χ0) is 22.8. The van der Waals surface area contributed by atoms with Gasteiger partial charge in [-0.25, -0.2) is 19.5 Å². The predicted molar refractivity (Wildman–Crippen MR) is 127 cm³/mol. The Bertz CT molecular complexity index is 1240. The van der Waals surface area contributed by atoms with Crippen molar-refractivity contribution in [3.05, 3.63) is 36.4 Å². The van der Waals surface area contributed by atoms with Gasteiger partial charge in [0.05, 0.1) is 36.7 Å². The van der Waals surface area contributed by atoms with Gasteiger partial charge in [0, 0.05) is 31.5 Å². The van der Waals surface area contributed by atoms with E-state index in [1.807, 2.05) is 42.0 Å². The van der Waals surface area contributed by atoms with E-state index in [-0.39, 0.29) is 0 Å². The molecule has 0 bridgehead atoms. The van der Waals surface area contributed by atoms with Gasteiger partial charge in [-0.1, -0.05) is 0 Å². The molecule has 9 heteroatoms. The third-order valence-electron chi connectivity index (χ3n) is 6.44. The van der Waals surface area contributed by atoms with Crippen LogP contribution in [0.4, 0.5) is 5.95 Å². The average Bonchev–Trinajstić information content (AvgIpc) is 3.39. The lowest BCUT2D eigenvalue weighted by Crippen LogP contribution is -2.31. The number of pyridine rings is 1. The summed E-state index contributed by atoms with van der Waals surface area (Å²) in [4.78, 5) is 14.1. The lowest BCUT2D eigenvalue weighted by Gasteiger charge is -2.29. The number of nitrogens with zero attached hydrogens (tertiary/aromatic N) is 6. The fourth-order valence-electron chi connectivity index (χ4n) is 4.68. The number of imidazole rings is 1. The molecule has 4 aromatic heterocycles. The maximum Gasteiger partial charge on any atom is 0.241 e. The van der Waals surface area contributed by atoms with Crippen LogP contribution in [0.1, 0.15) is 38.4 Å². The number of rotatable bonds is 8. The van der Waals surface area contributed by atoms with Gasteiger partial charge < -0.3 is 19.4 Å². The molecule has 4 heterocycles. The van der Waals surface area contributed by atoms with Gasteiger partial charge in [-0.15, -0.1) is 5.10 Å². The molecular formula is C24H31N7O2. The summed E-state index contributed by atoms with van der Waals surface area (Å²) in [6, 6.07) is 6.46. The first-order valence-electron chi connectivity index (χ1n) is 11.7. The molecule has 0 atom stereocenters. The van der Waals surface area contributed by atoms with Crippen molar-refractivity contribution in [3.8, 4) is 11.3 Å². The van der Waals surface area contributed by atoms with Crippen molar-refractivity contribution in [3.63, 3.8) is 0 Å². The van der Waals surface area contributed by atoms with Crippen molar-refractivity contribution >= 4 is 22.6 Å². The Kier molecular flexibility index (Phi) is 6.24. The molecule has 33 heavy (non-hydrogen) atoms. The lowest BCUT2D eigenvalue weighted by molar-refractivity contribution is -0.00158.